The Morgan fingerprint density at radius 2 is 0.741 bits per heavy atom. The Bertz CT molecular complexity index is 1380. The van der Waals surface area contributed by atoms with E-state index >= 15 is 0 Å². The third kappa shape index (κ3) is 6.99. The quantitative estimate of drug-likeness (QED) is 0.164. The number of hydrogen-bond donors (Lipinski definition) is 0. The number of rotatable bonds is 15. The van der Waals surface area contributed by atoms with Crippen LogP contribution in [0.2, 0.25) is 0 Å². The van der Waals surface area contributed by atoms with Crippen LogP contribution in [-0.4, -0.2) is 83.8 Å². The molecular formula is C26H18F26O2. The van der Waals surface area contributed by atoms with Crippen molar-refractivity contribution < 1.29 is 124 Å². The van der Waals surface area contributed by atoms with Crippen molar-refractivity contribution in [3.63, 3.8) is 0 Å². The van der Waals surface area contributed by atoms with Gasteiger partial charge in [0.05, 0.1) is 12.2 Å². The van der Waals surface area contributed by atoms with Gasteiger partial charge in [-0.3, -0.25) is 0 Å². The van der Waals surface area contributed by atoms with Crippen LogP contribution >= 0.6 is 0 Å². The second-order valence-electron chi connectivity index (χ2n) is 11.9. The van der Waals surface area contributed by atoms with Crippen LogP contribution in [0.3, 0.4) is 0 Å². The standard InChI is InChI=1S/C26H18F26O2/c1-13(12-5-3-2-4-6-12)53-11-14(54-13,7-9-15(27,28)17(31,32)19(35,36)21(39,40)23(43,44)25(47,48)49)8-10-16(29,30)18(33,34)20(37,38)22(41,42)24(45,46)26(50,51)52/h2-6H,7-11H2,1H3. The minimum atomic E-state index is -8.40. The van der Waals surface area contributed by atoms with E-state index in [1.165, 1.54) is 6.07 Å². The molecule has 28 heteroatoms. The van der Waals surface area contributed by atoms with Crippen molar-refractivity contribution in [3.8, 4) is 0 Å². The van der Waals surface area contributed by atoms with Crippen LogP contribution in [0.4, 0.5) is 114 Å². The van der Waals surface area contributed by atoms with Crippen molar-refractivity contribution in [1.29, 1.82) is 0 Å². The summed E-state index contributed by atoms with van der Waals surface area (Å²) in [4.78, 5) is 0. The lowest BCUT2D eigenvalue weighted by atomic mass is 9.84. The van der Waals surface area contributed by atoms with E-state index in [0.29, 0.717) is 6.92 Å². The number of halogens is 26. The summed E-state index contributed by atoms with van der Waals surface area (Å²) in [6.45, 7) is -1.09. The number of ether oxygens (including phenoxy) is 2. The molecule has 1 aromatic rings. The fraction of sp³-hybridized carbons (Fsp3) is 0.769. The lowest BCUT2D eigenvalue weighted by molar-refractivity contribution is -0.440. The van der Waals surface area contributed by atoms with Gasteiger partial charge in [-0.15, -0.1) is 0 Å². The molecular weight excluding hydrogens is 838 g/mol. The average Bonchev–Trinajstić information content (AvgIpc) is 3.35. The minimum Gasteiger partial charge on any atom is -0.343 e. The molecule has 1 fully saturated rings. The lowest BCUT2D eigenvalue weighted by Crippen LogP contribution is -2.70. The van der Waals surface area contributed by atoms with Gasteiger partial charge in [0.2, 0.25) is 0 Å². The summed E-state index contributed by atoms with van der Waals surface area (Å²) in [6, 6.07) is 5.24. The first kappa shape index (κ1) is 47.5. The lowest BCUT2D eigenvalue weighted by Gasteiger charge is -2.41. The number of hydrogen-bond acceptors (Lipinski definition) is 2. The fourth-order valence-electron chi connectivity index (χ4n) is 4.68. The zero-order valence-corrected chi connectivity index (χ0v) is 25.6. The monoisotopic (exact) mass is 856 g/mol. The molecule has 0 saturated carbocycles. The molecule has 0 radical (unpaired) electrons. The van der Waals surface area contributed by atoms with Crippen LogP contribution in [0.15, 0.2) is 30.3 Å². The van der Waals surface area contributed by atoms with Crippen LogP contribution in [0.5, 0.6) is 0 Å². The van der Waals surface area contributed by atoms with Gasteiger partial charge in [0.15, 0.2) is 5.79 Å². The van der Waals surface area contributed by atoms with Gasteiger partial charge in [-0.2, -0.15) is 114 Å². The Hall–Kier alpha value is -2.68. The molecule has 1 atom stereocenters. The molecule has 1 aliphatic heterocycles. The molecule has 2 rings (SSSR count). The molecule has 1 aromatic carbocycles. The normalized spacial score (nSPS) is 20.8. The first-order chi connectivity index (χ1) is 23.4. The van der Waals surface area contributed by atoms with E-state index in [1.807, 2.05) is 0 Å². The zero-order chi connectivity index (χ0) is 43.1. The molecule has 1 unspecified atom stereocenters. The van der Waals surface area contributed by atoms with Gasteiger partial charge in [0, 0.05) is 18.4 Å². The van der Waals surface area contributed by atoms with Gasteiger partial charge in [-0.05, 0) is 19.8 Å². The molecule has 1 saturated heterocycles. The highest BCUT2D eigenvalue weighted by atomic mass is 19.4. The van der Waals surface area contributed by atoms with Crippen LogP contribution in [0, 0.1) is 0 Å². The summed E-state index contributed by atoms with van der Waals surface area (Å²) in [5, 5.41) is 0. The van der Waals surface area contributed by atoms with E-state index in [4.69, 9.17) is 9.47 Å². The smallest absolute Gasteiger partial charge is 0.343 e. The van der Waals surface area contributed by atoms with Crippen molar-refractivity contribution in [2.24, 2.45) is 0 Å². The summed E-state index contributed by atoms with van der Waals surface area (Å²) < 4.78 is 363. The van der Waals surface area contributed by atoms with Gasteiger partial charge in [0.1, 0.15) is 0 Å². The van der Waals surface area contributed by atoms with Gasteiger partial charge >= 0.3 is 71.6 Å². The van der Waals surface area contributed by atoms with E-state index in [0.717, 1.165) is 24.3 Å². The van der Waals surface area contributed by atoms with Gasteiger partial charge < -0.3 is 9.47 Å². The highest BCUT2D eigenvalue weighted by molar-refractivity contribution is 5.21. The Morgan fingerprint density at radius 1 is 0.444 bits per heavy atom. The molecule has 0 spiro atoms. The molecule has 54 heavy (non-hydrogen) atoms. The molecule has 316 valence electrons. The van der Waals surface area contributed by atoms with Crippen molar-refractivity contribution in [2.45, 2.75) is 116 Å². The largest absolute Gasteiger partial charge is 0.460 e. The average molecular weight is 856 g/mol. The second kappa shape index (κ2) is 13.2. The Kier molecular flexibility index (Phi) is 11.6. The highest BCUT2D eigenvalue weighted by Crippen LogP contribution is 2.63. The minimum absolute atomic E-state index is 0.387. The molecule has 0 aliphatic carbocycles. The van der Waals surface area contributed by atoms with Crippen molar-refractivity contribution in [2.75, 3.05) is 6.61 Å². The number of benzene rings is 1. The predicted octanol–water partition coefficient (Wildman–Crippen LogP) is 11.7. The van der Waals surface area contributed by atoms with E-state index in [1.54, 1.807) is 0 Å². The summed E-state index contributed by atoms with van der Waals surface area (Å²) in [6.07, 6.45) is -27.0. The predicted molar refractivity (Wildman–Crippen MR) is 124 cm³/mol. The maximum atomic E-state index is 14.6. The topological polar surface area (TPSA) is 18.5 Å². The molecule has 1 aliphatic rings. The molecule has 2 nitrogen and oxygen atoms in total. The van der Waals surface area contributed by atoms with Crippen LogP contribution in [0.25, 0.3) is 0 Å². The van der Waals surface area contributed by atoms with Crippen molar-refractivity contribution in [3.05, 3.63) is 35.9 Å². The summed E-state index contributed by atoms with van der Waals surface area (Å²) >= 11 is 0. The third-order valence-electron chi connectivity index (χ3n) is 8.11. The summed E-state index contributed by atoms with van der Waals surface area (Å²) in [5.41, 5.74) is -3.92. The first-order valence-electron chi connectivity index (χ1n) is 13.7. The Balaban J connectivity index is 2.61. The number of alkyl halides is 26. The summed E-state index contributed by atoms with van der Waals surface area (Å²) in [5.74, 6) is -82.4. The Morgan fingerprint density at radius 3 is 1.04 bits per heavy atom. The van der Waals surface area contributed by atoms with Gasteiger partial charge in [0.25, 0.3) is 0 Å². The van der Waals surface area contributed by atoms with Crippen LogP contribution < -0.4 is 0 Å². The summed E-state index contributed by atoms with van der Waals surface area (Å²) in [7, 11) is 0. The first-order valence-corrected chi connectivity index (χ1v) is 13.7. The second-order valence-corrected chi connectivity index (χ2v) is 11.9. The van der Waals surface area contributed by atoms with Crippen LogP contribution in [0.1, 0.15) is 38.2 Å². The molecule has 0 amide bonds. The van der Waals surface area contributed by atoms with Crippen LogP contribution in [-0.2, 0) is 15.3 Å². The fourth-order valence-corrected chi connectivity index (χ4v) is 4.68. The molecule has 0 N–H and O–H groups in total. The van der Waals surface area contributed by atoms with E-state index < -0.39 is 115 Å². The van der Waals surface area contributed by atoms with Gasteiger partial charge in [-0.25, -0.2) is 0 Å². The molecule has 1 heterocycles. The van der Waals surface area contributed by atoms with E-state index in [-0.39, 0.29) is 5.56 Å². The van der Waals surface area contributed by atoms with E-state index in [9.17, 15) is 114 Å². The SMILES string of the molecule is CC1(c2ccccc2)OCC(CCC(F)(F)C(F)(F)C(F)(F)C(F)(F)C(F)(F)C(F)(F)F)(CCC(F)(F)C(F)(F)C(F)(F)C(F)(F)C(F)(F)C(F)(F)F)O1. The maximum absolute atomic E-state index is 14.6. The van der Waals surface area contributed by atoms with Crippen molar-refractivity contribution in [1.82, 2.24) is 0 Å². The molecule has 0 bridgehead atoms. The van der Waals surface area contributed by atoms with Crippen molar-refractivity contribution >= 4 is 0 Å². The van der Waals surface area contributed by atoms with E-state index in [2.05, 4.69) is 0 Å². The molecule has 0 aromatic heterocycles. The Labute approximate surface area is 282 Å². The zero-order valence-electron chi connectivity index (χ0n) is 25.6. The highest BCUT2D eigenvalue weighted by Gasteiger charge is 2.92. The maximum Gasteiger partial charge on any atom is 0.460 e. The van der Waals surface area contributed by atoms with Gasteiger partial charge in [-0.1, -0.05) is 30.3 Å². The third-order valence-corrected chi connectivity index (χ3v) is 8.11.